The van der Waals surface area contributed by atoms with E-state index in [0.29, 0.717) is 6.10 Å². The molecule has 0 saturated carbocycles. The van der Waals surface area contributed by atoms with Crippen LogP contribution in [0.15, 0.2) is 12.2 Å². The number of allylic oxidation sites excluding steroid dienone is 1. The van der Waals surface area contributed by atoms with Crippen LogP contribution in [0, 0.1) is 0 Å². The first-order valence-corrected chi connectivity index (χ1v) is 4.21. The van der Waals surface area contributed by atoms with Gasteiger partial charge >= 0.3 is 0 Å². The monoisotopic (exact) mass is 140 g/mol. The van der Waals surface area contributed by atoms with E-state index in [1.165, 1.54) is 25.7 Å². The van der Waals surface area contributed by atoms with E-state index >= 15 is 0 Å². The fourth-order valence-electron chi connectivity index (χ4n) is 1.17. The van der Waals surface area contributed by atoms with E-state index in [2.05, 4.69) is 19.1 Å². The van der Waals surface area contributed by atoms with Crippen molar-refractivity contribution < 1.29 is 4.74 Å². The molecule has 10 heavy (non-hydrogen) atoms. The van der Waals surface area contributed by atoms with Gasteiger partial charge in [-0.3, -0.25) is 0 Å². The molecule has 0 aromatic rings. The summed E-state index contributed by atoms with van der Waals surface area (Å²) in [6.07, 6.45) is 9.77. The highest BCUT2D eigenvalue weighted by atomic mass is 16.5. The summed E-state index contributed by atoms with van der Waals surface area (Å²) in [6.45, 7) is 3.15. The Hall–Kier alpha value is -0.300. The lowest BCUT2D eigenvalue weighted by Crippen LogP contribution is -1.98. The average molecular weight is 140 g/mol. The van der Waals surface area contributed by atoms with Gasteiger partial charge in [0.1, 0.15) is 0 Å². The average Bonchev–Trinajstić information content (AvgIpc) is 2.41. The summed E-state index contributed by atoms with van der Waals surface area (Å²) in [7, 11) is 0. The van der Waals surface area contributed by atoms with E-state index in [9.17, 15) is 0 Å². The predicted molar refractivity (Wildman–Crippen MR) is 43.0 cm³/mol. The summed E-state index contributed by atoms with van der Waals surface area (Å²) in [5.41, 5.74) is 0. The van der Waals surface area contributed by atoms with Gasteiger partial charge in [-0.1, -0.05) is 25.5 Å². The zero-order valence-electron chi connectivity index (χ0n) is 6.68. The van der Waals surface area contributed by atoms with Crippen molar-refractivity contribution in [1.29, 1.82) is 0 Å². The molecule has 0 aromatic heterocycles. The molecule has 1 heteroatoms. The number of ether oxygens (including phenoxy) is 1. The van der Waals surface area contributed by atoms with Crippen LogP contribution in [0.2, 0.25) is 0 Å². The van der Waals surface area contributed by atoms with Crippen LogP contribution in [-0.2, 0) is 4.74 Å². The lowest BCUT2D eigenvalue weighted by molar-refractivity contribution is 0.145. The first-order chi connectivity index (χ1) is 4.93. The largest absolute Gasteiger partial charge is 0.374 e. The van der Waals surface area contributed by atoms with Gasteiger partial charge in [0.15, 0.2) is 0 Å². The highest BCUT2D eigenvalue weighted by molar-refractivity contribution is 4.91. The molecule has 1 fully saturated rings. The molecule has 1 saturated heterocycles. The molecule has 1 unspecified atom stereocenters. The second-order valence-corrected chi connectivity index (χ2v) is 2.77. The molecule has 0 N–H and O–H groups in total. The van der Waals surface area contributed by atoms with Gasteiger partial charge in [0.2, 0.25) is 0 Å². The first-order valence-electron chi connectivity index (χ1n) is 4.21. The molecule has 0 aromatic carbocycles. The number of hydrogen-bond acceptors (Lipinski definition) is 1. The Labute approximate surface area is 63.1 Å². The molecule has 1 heterocycles. The normalized spacial score (nSPS) is 26.3. The third-order valence-corrected chi connectivity index (χ3v) is 1.77. The minimum Gasteiger partial charge on any atom is -0.374 e. The van der Waals surface area contributed by atoms with Crippen LogP contribution in [0.1, 0.15) is 32.6 Å². The fraction of sp³-hybridized carbons (Fsp3) is 0.778. The van der Waals surface area contributed by atoms with Crippen LogP contribution < -0.4 is 0 Å². The Morgan fingerprint density at radius 2 is 2.50 bits per heavy atom. The third-order valence-electron chi connectivity index (χ3n) is 1.77. The maximum absolute atomic E-state index is 5.41. The molecule has 0 amide bonds. The second kappa shape index (κ2) is 4.51. The van der Waals surface area contributed by atoms with Gasteiger partial charge in [-0.15, -0.1) is 0 Å². The highest BCUT2D eigenvalue weighted by Gasteiger charge is 2.10. The highest BCUT2D eigenvalue weighted by Crippen LogP contribution is 2.12. The Bertz CT molecular complexity index is 101. The number of hydrogen-bond donors (Lipinski definition) is 0. The summed E-state index contributed by atoms with van der Waals surface area (Å²) in [5.74, 6) is 0. The Morgan fingerprint density at radius 1 is 1.60 bits per heavy atom. The van der Waals surface area contributed by atoms with Crippen LogP contribution in [0.4, 0.5) is 0 Å². The first kappa shape index (κ1) is 7.80. The molecule has 0 aliphatic carbocycles. The number of rotatable bonds is 3. The van der Waals surface area contributed by atoms with E-state index in [-0.39, 0.29) is 0 Å². The van der Waals surface area contributed by atoms with E-state index in [1.54, 1.807) is 0 Å². The maximum Gasteiger partial charge on any atom is 0.0756 e. The van der Waals surface area contributed by atoms with Crippen LogP contribution in [0.3, 0.4) is 0 Å². The predicted octanol–water partition coefficient (Wildman–Crippen LogP) is 2.52. The van der Waals surface area contributed by atoms with Crippen molar-refractivity contribution in [3.63, 3.8) is 0 Å². The summed E-state index contributed by atoms with van der Waals surface area (Å²) < 4.78 is 5.41. The smallest absolute Gasteiger partial charge is 0.0756 e. The molecule has 58 valence electrons. The molecule has 1 aliphatic heterocycles. The minimum absolute atomic E-state index is 0.437. The topological polar surface area (TPSA) is 9.23 Å². The van der Waals surface area contributed by atoms with E-state index in [1.807, 2.05) is 0 Å². The van der Waals surface area contributed by atoms with Gasteiger partial charge in [0.05, 0.1) is 6.10 Å². The molecule has 1 nitrogen and oxygen atoms in total. The van der Waals surface area contributed by atoms with Crippen molar-refractivity contribution in [2.45, 2.75) is 38.7 Å². The summed E-state index contributed by atoms with van der Waals surface area (Å²) >= 11 is 0. The molecule has 1 rings (SSSR count). The molecule has 0 radical (unpaired) electrons. The van der Waals surface area contributed by atoms with Crippen LogP contribution in [0.5, 0.6) is 0 Å². The maximum atomic E-state index is 5.41. The van der Waals surface area contributed by atoms with Crippen molar-refractivity contribution in [2.24, 2.45) is 0 Å². The van der Waals surface area contributed by atoms with Gasteiger partial charge in [-0.25, -0.2) is 0 Å². The summed E-state index contributed by atoms with van der Waals surface area (Å²) in [5, 5.41) is 0. The fourth-order valence-corrected chi connectivity index (χ4v) is 1.17. The molecule has 1 aliphatic rings. The molecule has 0 spiro atoms. The van der Waals surface area contributed by atoms with Gasteiger partial charge in [-0.2, -0.15) is 0 Å². The minimum atomic E-state index is 0.437. The van der Waals surface area contributed by atoms with Crippen LogP contribution in [-0.4, -0.2) is 12.7 Å². The van der Waals surface area contributed by atoms with Crippen molar-refractivity contribution in [3.8, 4) is 0 Å². The molecule has 0 bridgehead atoms. The van der Waals surface area contributed by atoms with Gasteiger partial charge < -0.3 is 4.74 Å². The van der Waals surface area contributed by atoms with Gasteiger partial charge in [0, 0.05) is 6.61 Å². The summed E-state index contributed by atoms with van der Waals surface area (Å²) in [6, 6.07) is 0. The van der Waals surface area contributed by atoms with E-state index in [0.717, 1.165) is 6.61 Å². The SMILES string of the molecule is CCC/C=C\C1CCCO1. The van der Waals surface area contributed by atoms with Crippen LogP contribution in [0.25, 0.3) is 0 Å². The van der Waals surface area contributed by atoms with Crippen LogP contribution >= 0.6 is 0 Å². The number of unbranched alkanes of at least 4 members (excludes halogenated alkanes) is 1. The lowest BCUT2D eigenvalue weighted by atomic mass is 10.2. The van der Waals surface area contributed by atoms with Crippen molar-refractivity contribution in [3.05, 3.63) is 12.2 Å². The summed E-state index contributed by atoms with van der Waals surface area (Å²) in [4.78, 5) is 0. The van der Waals surface area contributed by atoms with Gasteiger partial charge in [0.25, 0.3) is 0 Å². The van der Waals surface area contributed by atoms with Gasteiger partial charge in [-0.05, 0) is 19.3 Å². The lowest BCUT2D eigenvalue weighted by Gasteiger charge is -1.99. The standard InChI is InChI=1S/C9H16O/c1-2-3-4-6-9-7-5-8-10-9/h4,6,9H,2-3,5,7-8H2,1H3/b6-4-. The third kappa shape index (κ3) is 2.53. The zero-order chi connectivity index (χ0) is 7.23. The molecular weight excluding hydrogens is 124 g/mol. The zero-order valence-corrected chi connectivity index (χ0v) is 6.68. The van der Waals surface area contributed by atoms with E-state index in [4.69, 9.17) is 4.74 Å². The molecule has 1 atom stereocenters. The Kier molecular flexibility index (Phi) is 3.52. The molecular formula is C9H16O. The van der Waals surface area contributed by atoms with E-state index < -0.39 is 0 Å². The quantitative estimate of drug-likeness (QED) is 0.547. The Balaban J connectivity index is 2.10. The van der Waals surface area contributed by atoms with Crippen molar-refractivity contribution in [1.82, 2.24) is 0 Å². The van der Waals surface area contributed by atoms with Crippen molar-refractivity contribution >= 4 is 0 Å². The second-order valence-electron chi connectivity index (χ2n) is 2.77. The van der Waals surface area contributed by atoms with Crippen molar-refractivity contribution in [2.75, 3.05) is 6.61 Å². The Morgan fingerprint density at radius 3 is 3.10 bits per heavy atom.